The number of morpholine rings is 1. The fourth-order valence-electron chi connectivity index (χ4n) is 2.67. The van der Waals surface area contributed by atoms with Crippen molar-refractivity contribution >= 4 is 0 Å². The van der Waals surface area contributed by atoms with Crippen LogP contribution >= 0.6 is 0 Å². The first kappa shape index (κ1) is 16.0. The molecule has 1 saturated heterocycles. The maximum Gasteiger partial charge on any atom is 0.241 e. The molecule has 3 rings (SSSR count). The summed E-state index contributed by atoms with van der Waals surface area (Å²) in [5.41, 5.74) is 0.923. The molecular formula is C17H23N3O3. The van der Waals surface area contributed by atoms with Crippen LogP contribution in [0.2, 0.25) is 0 Å². The Hall–Kier alpha value is -1.92. The van der Waals surface area contributed by atoms with Crippen LogP contribution < -0.4 is 4.74 Å². The SMILES string of the molecule is CCOc1ccc(-c2noc(CN3C[C@@H](C)OC[C@H]3C)n2)cc1. The summed E-state index contributed by atoms with van der Waals surface area (Å²) >= 11 is 0. The zero-order valence-corrected chi connectivity index (χ0v) is 13.9. The van der Waals surface area contributed by atoms with Gasteiger partial charge in [-0.15, -0.1) is 0 Å². The number of hydrogen-bond donors (Lipinski definition) is 0. The minimum absolute atomic E-state index is 0.236. The highest BCUT2D eigenvalue weighted by atomic mass is 16.5. The second-order valence-electron chi connectivity index (χ2n) is 5.89. The molecular weight excluding hydrogens is 294 g/mol. The van der Waals surface area contributed by atoms with Gasteiger partial charge in [0.1, 0.15) is 5.75 Å². The Kier molecular flexibility index (Phi) is 4.93. The molecule has 0 radical (unpaired) electrons. The van der Waals surface area contributed by atoms with Crippen molar-refractivity contribution in [2.45, 2.75) is 39.5 Å². The number of nitrogens with zero attached hydrogens (tertiary/aromatic N) is 3. The first-order valence-electron chi connectivity index (χ1n) is 8.07. The lowest BCUT2D eigenvalue weighted by molar-refractivity contribution is -0.0555. The van der Waals surface area contributed by atoms with Crippen molar-refractivity contribution in [3.8, 4) is 17.1 Å². The fourth-order valence-corrected chi connectivity index (χ4v) is 2.67. The van der Waals surface area contributed by atoms with Gasteiger partial charge in [0.15, 0.2) is 0 Å². The summed E-state index contributed by atoms with van der Waals surface area (Å²) in [4.78, 5) is 6.82. The minimum atomic E-state index is 0.236. The van der Waals surface area contributed by atoms with Gasteiger partial charge in [0, 0.05) is 18.2 Å². The van der Waals surface area contributed by atoms with Crippen molar-refractivity contribution < 1.29 is 14.0 Å². The highest BCUT2D eigenvalue weighted by Crippen LogP contribution is 2.21. The van der Waals surface area contributed by atoms with E-state index >= 15 is 0 Å². The topological polar surface area (TPSA) is 60.6 Å². The van der Waals surface area contributed by atoms with E-state index in [-0.39, 0.29) is 6.10 Å². The number of aromatic nitrogens is 2. The molecule has 2 aromatic rings. The molecule has 2 heterocycles. The Morgan fingerprint density at radius 3 is 2.78 bits per heavy atom. The molecule has 1 fully saturated rings. The van der Waals surface area contributed by atoms with Crippen molar-refractivity contribution in [1.29, 1.82) is 0 Å². The molecule has 0 bridgehead atoms. The largest absolute Gasteiger partial charge is 0.494 e. The van der Waals surface area contributed by atoms with E-state index in [2.05, 4.69) is 28.9 Å². The summed E-state index contributed by atoms with van der Waals surface area (Å²) in [6.07, 6.45) is 0.236. The molecule has 0 aliphatic carbocycles. The van der Waals surface area contributed by atoms with Crippen LogP contribution in [-0.2, 0) is 11.3 Å². The molecule has 0 saturated carbocycles. The van der Waals surface area contributed by atoms with Gasteiger partial charge >= 0.3 is 0 Å². The predicted octanol–water partition coefficient (Wildman–Crippen LogP) is 2.74. The molecule has 1 aromatic heterocycles. The Labute approximate surface area is 136 Å². The summed E-state index contributed by atoms with van der Waals surface area (Å²) in [5, 5.41) is 4.09. The third-order valence-corrected chi connectivity index (χ3v) is 3.97. The summed E-state index contributed by atoms with van der Waals surface area (Å²) in [5.74, 6) is 2.09. The van der Waals surface area contributed by atoms with Gasteiger partial charge in [0.2, 0.25) is 11.7 Å². The molecule has 124 valence electrons. The lowest BCUT2D eigenvalue weighted by Gasteiger charge is -2.35. The molecule has 2 atom stereocenters. The fraction of sp³-hybridized carbons (Fsp3) is 0.529. The van der Waals surface area contributed by atoms with Gasteiger partial charge in [-0.05, 0) is 45.0 Å². The number of hydrogen-bond acceptors (Lipinski definition) is 6. The number of rotatable bonds is 5. The van der Waals surface area contributed by atoms with Crippen molar-refractivity contribution in [3.05, 3.63) is 30.2 Å². The lowest BCUT2D eigenvalue weighted by atomic mass is 10.2. The average Bonchev–Trinajstić information content (AvgIpc) is 3.01. The molecule has 1 aromatic carbocycles. The summed E-state index contributed by atoms with van der Waals surface area (Å²) in [6.45, 7) is 9.12. The van der Waals surface area contributed by atoms with Crippen molar-refractivity contribution in [3.63, 3.8) is 0 Å². The van der Waals surface area contributed by atoms with Crippen LogP contribution in [0.25, 0.3) is 11.4 Å². The Bertz CT molecular complexity index is 626. The molecule has 0 amide bonds. The quantitative estimate of drug-likeness (QED) is 0.845. The molecule has 23 heavy (non-hydrogen) atoms. The summed E-state index contributed by atoms with van der Waals surface area (Å²) in [7, 11) is 0. The second kappa shape index (κ2) is 7.10. The Morgan fingerprint density at radius 2 is 2.04 bits per heavy atom. The average molecular weight is 317 g/mol. The monoisotopic (exact) mass is 317 g/mol. The van der Waals surface area contributed by atoms with E-state index in [4.69, 9.17) is 14.0 Å². The molecule has 6 nitrogen and oxygen atoms in total. The normalized spacial score (nSPS) is 22.2. The first-order valence-corrected chi connectivity index (χ1v) is 8.07. The first-order chi connectivity index (χ1) is 11.2. The summed E-state index contributed by atoms with van der Waals surface area (Å²) < 4.78 is 16.5. The lowest BCUT2D eigenvalue weighted by Crippen LogP contribution is -2.46. The van der Waals surface area contributed by atoms with Gasteiger partial charge in [0.25, 0.3) is 0 Å². The summed E-state index contributed by atoms with van der Waals surface area (Å²) in [6, 6.07) is 8.08. The van der Waals surface area contributed by atoms with Gasteiger partial charge in [-0.2, -0.15) is 4.98 Å². The van der Waals surface area contributed by atoms with E-state index in [0.29, 0.717) is 30.9 Å². The highest BCUT2D eigenvalue weighted by Gasteiger charge is 2.25. The molecule has 0 unspecified atom stereocenters. The van der Waals surface area contributed by atoms with E-state index in [1.807, 2.05) is 31.2 Å². The maximum absolute atomic E-state index is 5.64. The zero-order valence-electron chi connectivity index (χ0n) is 13.9. The zero-order chi connectivity index (χ0) is 16.2. The van der Waals surface area contributed by atoms with Gasteiger partial charge < -0.3 is 14.0 Å². The maximum atomic E-state index is 5.64. The minimum Gasteiger partial charge on any atom is -0.494 e. The molecule has 1 aliphatic rings. The molecule has 0 N–H and O–H groups in total. The predicted molar refractivity (Wildman–Crippen MR) is 86.2 cm³/mol. The van der Waals surface area contributed by atoms with Crippen molar-refractivity contribution in [1.82, 2.24) is 15.0 Å². The van der Waals surface area contributed by atoms with Crippen LogP contribution in [0.15, 0.2) is 28.8 Å². The van der Waals surface area contributed by atoms with Crippen LogP contribution in [0.5, 0.6) is 5.75 Å². The van der Waals surface area contributed by atoms with Gasteiger partial charge in [-0.3, -0.25) is 4.90 Å². The van der Waals surface area contributed by atoms with Crippen LogP contribution in [0.1, 0.15) is 26.7 Å². The van der Waals surface area contributed by atoms with Gasteiger partial charge in [-0.1, -0.05) is 5.16 Å². The third kappa shape index (κ3) is 3.89. The molecule has 1 aliphatic heterocycles. The van der Waals surface area contributed by atoms with E-state index in [1.165, 1.54) is 0 Å². The van der Waals surface area contributed by atoms with Crippen molar-refractivity contribution in [2.24, 2.45) is 0 Å². The standard InChI is InChI=1S/C17H23N3O3/c1-4-21-15-7-5-14(6-8-15)17-18-16(23-19-17)10-20-9-13(3)22-11-12(20)2/h5-8,12-13H,4,9-11H2,1-3H3/t12-,13-/m1/s1. The Balaban J connectivity index is 1.67. The van der Waals surface area contributed by atoms with Crippen LogP contribution in [0.3, 0.4) is 0 Å². The van der Waals surface area contributed by atoms with Crippen LogP contribution in [0.4, 0.5) is 0 Å². The van der Waals surface area contributed by atoms with E-state index < -0.39 is 0 Å². The number of ether oxygens (including phenoxy) is 2. The third-order valence-electron chi connectivity index (χ3n) is 3.97. The van der Waals surface area contributed by atoms with Crippen molar-refractivity contribution in [2.75, 3.05) is 19.8 Å². The smallest absolute Gasteiger partial charge is 0.241 e. The molecule has 6 heteroatoms. The van der Waals surface area contributed by atoms with E-state index in [1.54, 1.807) is 0 Å². The van der Waals surface area contributed by atoms with E-state index in [9.17, 15) is 0 Å². The van der Waals surface area contributed by atoms with E-state index in [0.717, 1.165) is 24.5 Å². The second-order valence-corrected chi connectivity index (χ2v) is 5.89. The molecule has 0 spiro atoms. The highest BCUT2D eigenvalue weighted by molar-refractivity contribution is 5.55. The van der Waals surface area contributed by atoms with Gasteiger partial charge in [0.05, 0.1) is 25.9 Å². The number of benzene rings is 1. The Morgan fingerprint density at radius 1 is 1.26 bits per heavy atom. The van der Waals surface area contributed by atoms with Gasteiger partial charge in [-0.25, -0.2) is 0 Å². The van der Waals surface area contributed by atoms with Crippen LogP contribution in [-0.4, -0.2) is 46.9 Å². The van der Waals surface area contributed by atoms with Crippen LogP contribution in [0, 0.1) is 0 Å².